The Kier molecular flexibility index (Phi) is 5.53. The van der Waals surface area contributed by atoms with Gasteiger partial charge in [0, 0.05) is 45.0 Å². The first-order chi connectivity index (χ1) is 13.9. The molecular formula is C22H32N4O3. The number of rotatable bonds is 2. The van der Waals surface area contributed by atoms with Crippen LogP contribution in [0.3, 0.4) is 0 Å². The van der Waals surface area contributed by atoms with Gasteiger partial charge in [-0.2, -0.15) is 0 Å². The van der Waals surface area contributed by atoms with Crippen molar-refractivity contribution in [2.45, 2.75) is 32.2 Å². The number of piperidine rings is 1. The lowest BCUT2D eigenvalue weighted by atomic mass is 9.85. The van der Waals surface area contributed by atoms with E-state index in [9.17, 15) is 9.59 Å². The Balaban J connectivity index is 1.47. The summed E-state index contributed by atoms with van der Waals surface area (Å²) in [5, 5.41) is 6.63. The molecular weight excluding hydrogens is 368 g/mol. The van der Waals surface area contributed by atoms with Gasteiger partial charge in [0.25, 0.3) is 5.91 Å². The number of carbonyl (C=O) groups is 2. The fourth-order valence-electron chi connectivity index (χ4n) is 4.44. The van der Waals surface area contributed by atoms with E-state index < -0.39 is 5.54 Å². The van der Waals surface area contributed by atoms with Crippen molar-refractivity contribution >= 4 is 17.5 Å². The number of morpholine rings is 1. The maximum absolute atomic E-state index is 13.3. The average Bonchev–Trinajstić information content (AvgIpc) is 2.86. The molecule has 7 nitrogen and oxygen atoms in total. The van der Waals surface area contributed by atoms with Crippen molar-refractivity contribution in [2.24, 2.45) is 5.41 Å². The highest BCUT2D eigenvalue weighted by Crippen LogP contribution is 2.30. The van der Waals surface area contributed by atoms with Crippen LogP contribution in [0, 0.1) is 5.41 Å². The van der Waals surface area contributed by atoms with Crippen LogP contribution in [-0.4, -0.2) is 74.7 Å². The molecule has 3 heterocycles. The average molecular weight is 401 g/mol. The summed E-state index contributed by atoms with van der Waals surface area (Å²) in [6.07, 6.45) is 1.28. The maximum atomic E-state index is 13.3. The van der Waals surface area contributed by atoms with Crippen LogP contribution in [0.1, 0.15) is 37.0 Å². The van der Waals surface area contributed by atoms with Gasteiger partial charge in [0.15, 0.2) is 0 Å². The van der Waals surface area contributed by atoms with Gasteiger partial charge in [-0.1, -0.05) is 26.0 Å². The second-order valence-corrected chi connectivity index (χ2v) is 9.19. The molecule has 3 aliphatic rings. The van der Waals surface area contributed by atoms with E-state index in [4.69, 9.17) is 4.74 Å². The molecule has 1 spiro atoms. The minimum Gasteiger partial charge on any atom is -0.378 e. The van der Waals surface area contributed by atoms with Crippen LogP contribution < -0.4 is 15.5 Å². The number of hydrogen-bond acceptors (Lipinski definition) is 5. The second-order valence-electron chi connectivity index (χ2n) is 9.19. The summed E-state index contributed by atoms with van der Waals surface area (Å²) >= 11 is 0. The number of carbonyl (C=O) groups excluding carboxylic acids is 2. The van der Waals surface area contributed by atoms with E-state index in [0.717, 1.165) is 30.9 Å². The molecule has 3 aliphatic heterocycles. The Hall–Kier alpha value is -2.12. The Bertz CT molecular complexity index is 765. The van der Waals surface area contributed by atoms with E-state index in [1.54, 1.807) is 0 Å². The summed E-state index contributed by atoms with van der Waals surface area (Å²) in [7, 11) is 0. The van der Waals surface area contributed by atoms with Crippen molar-refractivity contribution in [3.63, 3.8) is 0 Å². The Morgan fingerprint density at radius 2 is 1.72 bits per heavy atom. The van der Waals surface area contributed by atoms with E-state index in [-0.39, 0.29) is 17.2 Å². The highest BCUT2D eigenvalue weighted by Gasteiger charge is 2.45. The molecule has 7 heteroatoms. The lowest BCUT2D eigenvalue weighted by Gasteiger charge is -2.41. The number of nitrogens with one attached hydrogen (secondary N) is 2. The van der Waals surface area contributed by atoms with Crippen LogP contribution in [0.5, 0.6) is 0 Å². The summed E-state index contributed by atoms with van der Waals surface area (Å²) < 4.78 is 5.45. The summed E-state index contributed by atoms with van der Waals surface area (Å²) in [4.78, 5) is 30.2. The van der Waals surface area contributed by atoms with Gasteiger partial charge in [-0.05, 0) is 30.4 Å². The first kappa shape index (κ1) is 20.2. The molecule has 4 rings (SSSR count). The quantitative estimate of drug-likeness (QED) is 0.782. The predicted octanol–water partition coefficient (Wildman–Crippen LogP) is 1.24. The number of ether oxygens (including phenoxy) is 1. The molecule has 2 N–H and O–H groups in total. The second kappa shape index (κ2) is 7.95. The zero-order valence-electron chi connectivity index (χ0n) is 17.5. The fourth-order valence-corrected chi connectivity index (χ4v) is 4.44. The summed E-state index contributed by atoms with van der Waals surface area (Å²) in [5.41, 5.74) is 1.19. The molecule has 0 aliphatic carbocycles. The largest absolute Gasteiger partial charge is 0.378 e. The zero-order valence-corrected chi connectivity index (χ0v) is 17.5. The van der Waals surface area contributed by atoms with E-state index in [0.29, 0.717) is 45.7 Å². The van der Waals surface area contributed by atoms with Crippen LogP contribution in [-0.2, 0) is 9.53 Å². The fraction of sp³-hybridized carbons (Fsp3) is 0.636. The zero-order chi connectivity index (χ0) is 20.5. The molecule has 0 aromatic heterocycles. The Morgan fingerprint density at radius 3 is 2.45 bits per heavy atom. The minimum atomic E-state index is -0.561. The molecule has 29 heavy (non-hydrogen) atoms. The third kappa shape index (κ3) is 4.12. The molecule has 0 bridgehead atoms. The van der Waals surface area contributed by atoms with Crippen molar-refractivity contribution in [3.8, 4) is 0 Å². The van der Waals surface area contributed by atoms with Gasteiger partial charge in [0.05, 0.1) is 18.8 Å². The normalized spacial score (nSPS) is 24.1. The van der Waals surface area contributed by atoms with Crippen molar-refractivity contribution < 1.29 is 14.3 Å². The van der Waals surface area contributed by atoms with Gasteiger partial charge in [-0.3, -0.25) is 9.59 Å². The lowest BCUT2D eigenvalue weighted by molar-refractivity contribution is -0.128. The summed E-state index contributed by atoms with van der Waals surface area (Å²) in [5.74, 6) is 0.125. The van der Waals surface area contributed by atoms with Crippen LogP contribution in [0.2, 0.25) is 0 Å². The number of anilines is 1. The smallest absolute Gasteiger partial charge is 0.255 e. The molecule has 3 saturated heterocycles. The topological polar surface area (TPSA) is 73.9 Å². The van der Waals surface area contributed by atoms with E-state index >= 15 is 0 Å². The summed E-state index contributed by atoms with van der Waals surface area (Å²) in [6.45, 7) is 9.91. The highest BCUT2D eigenvalue weighted by molar-refractivity contribution is 6.00. The van der Waals surface area contributed by atoms with Gasteiger partial charge in [-0.15, -0.1) is 0 Å². The van der Waals surface area contributed by atoms with Crippen LogP contribution in [0.4, 0.5) is 5.69 Å². The van der Waals surface area contributed by atoms with Gasteiger partial charge < -0.3 is 25.2 Å². The third-order valence-electron chi connectivity index (χ3n) is 6.46. The van der Waals surface area contributed by atoms with E-state index in [2.05, 4.69) is 29.4 Å². The summed E-state index contributed by atoms with van der Waals surface area (Å²) in [6, 6.07) is 7.84. The number of likely N-dealkylation sites (tertiary alicyclic amines) is 1. The van der Waals surface area contributed by atoms with E-state index in [1.807, 2.05) is 29.2 Å². The molecule has 1 aromatic carbocycles. The number of hydrogen-bond donors (Lipinski definition) is 2. The number of para-hydroxylation sites is 1. The number of nitrogens with zero attached hydrogens (tertiary/aromatic N) is 2. The molecule has 0 unspecified atom stereocenters. The van der Waals surface area contributed by atoms with Gasteiger partial charge in [0.1, 0.15) is 5.54 Å². The minimum absolute atomic E-state index is 0.0310. The van der Waals surface area contributed by atoms with Gasteiger partial charge >= 0.3 is 0 Å². The van der Waals surface area contributed by atoms with Crippen molar-refractivity contribution in [3.05, 3.63) is 29.8 Å². The predicted molar refractivity (Wildman–Crippen MR) is 112 cm³/mol. The van der Waals surface area contributed by atoms with Crippen molar-refractivity contribution in [1.29, 1.82) is 0 Å². The maximum Gasteiger partial charge on any atom is 0.255 e. The lowest BCUT2D eigenvalue weighted by Crippen LogP contribution is -2.61. The monoisotopic (exact) mass is 400 g/mol. The first-order valence-electron chi connectivity index (χ1n) is 10.6. The van der Waals surface area contributed by atoms with Crippen molar-refractivity contribution in [1.82, 2.24) is 15.5 Å². The standard InChI is InChI=1S/C22H32N4O3/c1-21(2)15-23-20(28)22(24-16-21)7-9-26(10-8-22)19(27)17-5-3-4-6-18(17)25-11-13-29-14-12-25/h3-6,24H,7-16H2,1-2H3,(H,23,28). The van der Waals surface area contributed by atoms with Crippen molar-refractivity contribution in [2.75, 3.05) is 57.4 Å². The van der Waals surface area contributed by atoms with Crippen LogP contribution in [0.15, 0.2) is 24.3 Å². The Labute approximate surface area is 172 Å². The van der Waals surface area contributed by atoms with Gasteiger partial charge in [-0.25, -0.2) is 0 Å². The first-order valence-corrected chi connectivity index (χ1v) is 10.6. The Morgan fingerprint density at radius 1 is 1.03 bits per heavy atom. The molecule has 3 fully saturated rings. The molecule has 0 saturated carbocycles. The van der Waals surface area contributed by atoms with Crippen LogP contribution in [0.25, 0.3) is 0 Å². The molecule has 158 valence electrons. The molecule has 0 atom stereocenters. The van der Waals surface area contributed by atoms with E-state index in [1.165, 1.54) is 0 Å². The SMILES string of the molecule is CC1(C)CNC(=O)C2(CCN(C(=O)c3ccccc3N3CCOCC3)CC2)NC1. The number of amides is 2. The molecule has 0 radical (unpaired) electrons. The number of benzene rings is 1. The van der Waals surface area contributed by atoms with Gasteiger partial charge in [0.2, 0.25) is 5.91 Å². The third-order valence-corrected chi connectivity index (χ3v) is 6.46. The molecule has 2 amide bonds. The molecule has 1 aromatic rings. The highest BCUT2D eigenvalue weighted by atomic mass is 16.5. The van der Waals surface area contributed by atoms with Crippen LogP contribution >= 0.6 is 0 Å².